The minimum Gasteiger partial charge on any atom is -0.466 e. The summed E-state index contributed by atoms with van der Waals surface area (Å²) in [5.41, 5.74) is 0. The Morgan fingerprint density at radius 3 is 0.973 bits per heavy atom. The number of ether oxygens (including phenoxy) is 1. The molecule has 0 saturated carbocycles. The van der Waals surface area contributed by atoms with Crippen LogP contribution in [0, 0.1) is 0 Å². The van der Waals surface area contributed by atoms with E-state index in [0.29, 0.717) is 19.4 Å². The van der Waals surface area contributed by atoms with Crippen molar-refractivity contribution in [3.8, 4) is 0 Å². The van der Waals surface area contributed by atoms with Crippen molar-refractivity contribution in [3.05, 3.63) is 24.3 Å². The summed E-state index contributed by atoms with van der Waals surface area (Å²) in [6.07, 6.45) is 78.0. The fourth-order valence-electron chi connectivity index (χ4n) is 10.4. The Hall–Kier alpha value is -1.66. The first-order chi connectivity index (χ1) is 36.0. The molecule has 2 unspecified atom stereocenters. The monoisotopic (exact) mass is 1030 g/mol. The van der Waals surface area contributed by atoms with Gasteiger partial charge in [-0.25, -0.2) is 0 Å². The van der Waals surface area contributed by atoms with Gasteiger partial charge in [-0.3, -0.25) is 9.59 Å². The Morgan fingerprint density at radius 2 is 0.644 bits per heavy atom. The number of carbonyl (C=O) groups excluding carboxylic acids is 2. The summed E-state index contributed by atoms with van der Waals surface area (Å²) >= 11 is 0. The number of amides is 1. The van der Waals surface area contributed by atoms with Gasteiger partial charge in [0, 0.05) is 12.8 Å². The number of aliphatic hydroxyl groups excluding tert-OH is 2. The van der Waals surface area contributed by atoms with Crippen LogP contribution in [-0.4, -0.2) is 47.4 Å². The fraction of sp³-hybridized carbons (Fsp3) is 0.910. The molecule has 0 aliphatic heterocycles. The highest BCUT2D eigenvalue weighted by molar-refractivity contribution is 5.76. The van der Waals surface area contributed by atoms with Crippen molar-refractivity contribution in [2.45, 2.75) is 379 Å². The van der Waals surface area contributed by atoms with E-state index >= 15 is 0 Å². The Bertz CT molecular complexity index is 1140. The third kappa shape index (κ3) is 59.4. The summed E-state index contributed by atoms with van der Waals surface area (Å²) < 4.78 is 5.49. The quantitative estimate of drug-likeness (QED) is 0.0320. The Kier molecular flexibility index (Phi) is 61.4. The third-order valence-corrected chi connectivity index (χ3v) is 15.5. The van der Waals surface area contributed by atoms with E-state index < -0.39 is 12.1 Å². The number of allylic oxidation sites excluding steroid dienone is 3. The van der Waals surface area contributed by atoms with E-state index in [1.54, 1.807) is 6.08 Å². The summed E-state index contributed by atoms with van der Waals surface area (Å²) in [5, 5.41) is 23.2. The van der Waals surface area contributed by atoms with E-state index in [2.05, 4.69) is 31.3 Å². The predicted molar refractivity (Wildman–Crippen MR) is 320 cm³/mol. The van der Waals surface area contributed by atoms with E-state index in [4.69, 9.17) is 4.74 Å². The number of hydrogen-bond donors (Lipinski definition) is 3. The van der Waals surface area contributed by atoms with Gasteiger partial charge in [0.15, 0.2) is 0 Å². The fourth-order valence-corrected chi connectivity index (χ4v) is 10.4. The minimum absolute atomic E-state index is 0.00539. The SMILES string of the molecule is CCCCCCCC/C=C\CCCCCCCC(=O)OCCCCCCCCCCCCCCCCCCCCCCCCC(=O)NC(CO)C(O)/C=C/CCCCCCCCCCCCCCCCCCC. The molecule has 0 aromatic rings. The lowest BCUT2D eigenvalue weighted by molar-refractivity contribution is -0.143. The van der Waals surface area contributed by atoms with Crippen LogP contribution in [-0.2, 0) is 14.3 Å². The highest BCUT2D eigenvalue weighted by Crippen LogP contribution is 2.18. The second-order valence-corrected chi connectivity index (χ2v) is 22.8. The number of nitrogens with one attached hydrogen (secondary N) is 1. The zero-order valence-electron chi connectivity index (χ0n) is 49.4. The lowest BCUT2D eigenvalue weighted by Crippen LogP contribution is -2.45. The van der Waals surface area contributed by atoms with Crippen LogP contribution in [0.3, 0.4) is 0 Å². The van der Waals surface area contributed by atoms with Gasteiger partial charge in [0.25, 0.3) is 0 Å². The number of aliphatic hydroxyl groups is 2. The molecule has 0 aromatic carbocycles. The molecule has 0 saturated heterocycles. The first-order valence-electron chi connectivity index (χ1n) is 33.1. The van der Waals surface area contributed by atoms with Crippen molar-refractivity contribution in [1.82, 2.24) is 5.32 Å². The minimum atomic E-state index is -0.845. The number of rotatable bonds is 62. The van der Waals surface area contributed by atoms with E-state index in [1.165, 1.54) is 295 Å². The standard InChI is InChI=1S/C67H129NO5/c1-3-5-7-9-11-13-15-17-19-20-25-28-32-35-39-43-47-51-55-59-65(70)64(63-69)68-66(71)60-56-52-48-44-40-36-33-29-26-23-21-22-24-27-30-34-38-42-46-50-54-58-62-73-67(72)61-57-53-49-45-41-37-31-18-16-14-12-10-8-6-4-2/h18,31,55,59,64-65,69-70H,3-17,19-30,32-54,56-58,60-63H2,1-2H3,(H,68,71)/b31-18-,59-55+. The first kappa shape index (κ1) is 71.3. The molecule has 432 valence electrons. The second-order valence-electron chi connectivity index (χ2n) is 22.8. The number of esters is 1. The van der Waals surface area contributed by atoms with Crippen LogP contribution in [0.4, 0.5) is 0 Å². The normalized spacial score (nSPS) is 12.7. The zero-order chi connectivity index (χ0) is 52.9. The van der Waals surface area contributed by atoms with E-state index in [-0.39, 0.29) is 18.5 Å². The Balaban J connectivity index is 3.40. The van der Waals surface area contributed by atoms with Gasteiger partial charge in [-0.2, -0.15) is 0 Å². The molecule has 73 heavy (non-hydrogen) atoms. The van der Waals surface area contributed by atoms with Gasteiger partial charge in [-0.1, -0.05) is 321 Å². The summed E-state index contributed by atoms with van der Waals surface area (Å²) in [5.74, 6) is -0.0596. The van der Waals surface area contributed by atoms with E-state index in [0.717, 1.165) is 44.9 Å². The zero-order valence-corrected chi connectivity index (χ0v) is 49.4. The molecule has 0 spiro atoms. The molecule has 6 heteroatoms. The largest absolute Gasteiger partial charge is 0.466 e. The Morgan fingerprint density at radius 1 is 0.370 bits per heavy atom. The van der Waals surface area contributed by atoms with Gasteiger partial charge in [-0.05, 0) is 57.8 Å². The van der Waals surface area contributed by atoms with E-state index in [1.807, 2.05) is 6.08 Å². The molecule has 3 N–H and O–H groups in total. The molecule has 0 bridgehead atoms. The Labute approximate surface area is 456 Å². The van der Waals surface area contributed by atoms with Crippen molar-refractivity contribution >= 4 is 11.9 Å². The van der Waals surface area contributed by atoms with Crippen LogP contribution >= 0.6 is 0 Å². The highest BCUT2D eigenvalue weighted by Gasteiger charge is 2.18. The van der Waals surface area contributed by atoms with Crippen molar-refractivity contribution in [1.29, 1.82) is 0 Å². The van der Waals surface area contributed by atoms with Crippen LogP contribution in [0.5, 0.6) is 0 Å². The van der Waals surface area contributed by atoms with Crippen LogP contribution in [0.25, 0.3) is 0 Å². The molecule has 0 radical (unpaired) electrons. The van der Waals surface area contributed by atoms with E-state index in [9.17, 15) is 19.8 Å². The summed E-state index contributed by atoms with van der Waals surface area (Å²) in [6, 6.07) is -0.628. The molecule has 0 aliphatic carbocycles. The van der Waals surface area contributed by atoms with Crippen LogP contribution in [0.2, 0.25) is 0 Å². The lowest BCUT2D eigenvalue weighted by Gasteiger charge is -2.20. The number of hydrogen-bond acceptors (Lipinski definition) is 5. The topological polar surface area (TPSA) is 95.9 Å². The van der Waals surface area contributed by atoms with Crippen molar-refractivity contribution in [2.24, 2.45) is 0 Å². The average Bonchev–Trinajstić information content (AvgIpc) is 3.39. The molecule has 0 heterocycles. The maximum absolute atomic E-state index is 12.5. The lowest BCUT2D eigenvalue weighted by atomic mass is 10.0. The summed E-state index contributed by atoms with van der Waals surface area (Å²) in [7, 11) is 0. The van der Waals surface area contributed by atoms with Gasteiger partial charge in [0.05, 0.1) is 25.4 Å². The number of carbonyl (C=O) groups is 2. The first-order valence-corrected chi connectivity index (χ1v) is 33.1. The van der Waals surface area contributed by atoms with Crippen LogP contribution < -0.4 is 5.32 Å². The van der Waals surface area contributed by atoms with Gasteiger partial charge >= 0.3 is 5.97 Å². The van der Waals surface area contributed by atoms with Gasteiger partial charge < -0.3 is 20.3 Å². The molecule has 0 rings (SSSR count). The maximum Gasteiger partial charge on any atom is 0.305 e. The number of unbranched alkanes of at least 4 members (excludes halogenated alkanes) is 49. The smallest absolute Gasteiger partial charge is 0.305 e. The van der Waals surface area contributed by atoms with Crippen molar-refractivity contribution < 1.29 is 24.5 Å². The van der Waals surface area contributed by atoms with Gasteiger partial charge in [-0.15, -0.1) is 0 Å². The molecule has 2 atom stereocenters. The molecule has 0 fully saturated rings. The van der Waals surface area contributed by atoms with Crippen molar-refractivity contribution in [2.75, 3.05) is 13.2 Å². The second kappa shape index (κ2) is 62.9. The third-order valence-electron chi connectivity index (χ3n) is 15.5. The summed E-state index contributed by atoms with van der Waals surface area (Å²) in [6.45, 7) is 4.92. The van der Waals surface area contributed by atoms with Crippen LogP contribution in [0.15, 0.2) is 24.3 Å². The molecule has 1 amide bonds. The molecular formula is C67H129NO5. The molecule has 0 aromatic heterocycles. The van der Waals surface area contributed by atoms with Gasteiger partial charge in [0.1, 0.15) is 0 Å². The average molecular weight is 1030 g/mol. The highest BCUT2D eigenvalue weighted by atomic mass is 16.5. The maximum atomic E-state index is 12.5. The van der Waals surface area contributed by atoms with Gasteiger partial charge in [0.2, 0.25) is 5.91 Å². The predicted octanol–water partition coefficient (Wildman–Crippen LogP) is 21.0. The molecule has 0 aliphatic rings. The molecule has 6 nitrogen and oxygen atoms in total. The van der Waals surface area contributed by atoms with Crippen LogP contribution in [0.1, 0.15) is 367 Å². The molecular weight excluding hydrogens is 899 g/mol. The van der Waals surface area contributed by atoms with Crippen molar-refractivity contribution in [3.63, 3.8) is 0 Å². The summed E-state index contributed by atoms with van der Waals surface area (Å²) in [4.78, 5) is 24.6.